The number of carbonyl (C=O) groups is 2. The van der Waals surface area contributed by atoms with E-state index in [0.29, 0.717) is 6.54 Å². The fraction of sp³-hybridized carbons (Fsp3) is 0.875. The van der Waals surface area contributed by atoms with E-state index in [1.54, 1.807) is 0 Å². The molecule has 1 unspecified atom stereocenters. The molecule has 21 heavy (non-hydrogen) atoms. The van der Waals surface area contributed by atoms with Gasteiger partial charge in [0.1, 0.15) is 11.6 Å². The number of piperazine rings is 1. The van der Waals surface area contributed by atoms with Gasteiger partial charge in [-0.3, -0.25) is 9.59 Å². The molecule has 0 bridgehead atoms. The Morgan fingerprint density at radius 1 is 1.29 bits per heavy atom. The van der Waals surface area contributed by atoms with E-state index in [0.717, 1.165) is 37.2 Å². The highest BCUT2D eigenvalue weighted by atomic mass is 32.2. The molecule has 0 aromatic heterocycles. The van der Waals surface area contributed by atoms with Gasteiger partial charge in [-0.05, 0) is 24.0 Å². The van der Waals surface area contributed by atoms with Crippen LogP contribution in [0.4, 0.5) is 0 Å². The molecule has 1 saturated carbocycles. The average Bonchev–Trinajstić information content (AvgIpc) is 2.87. The molecule has 120 valence electrons. The molecule has 0 radical (unpaired) electrons. The highest BCUT2D eigenvalue weighted by molar-refractivity contribution is 7.99. The molecule has 1 atom stereocenters. The molecule has 1 aliphatic heterocycles. The van der Waals surface area contributed by atoms with E-state index >= 15 is 0 Å². The van der Waals surface area contributed by atoms with Crippen LogP contribution in [0.25, 0.3) is 0 Å². The van der Waals surface area contributed by atoms with Crippen molar-refractivity contribution in [2.75, 3.05) is 18.1 Å². The number of hydrogen-bond donors (Lipinski definition) is 1. The summed E-state index contributed by atoms with van der Waals surface area (Å²) >= 11 is 1.83. The quantitative estimate of drug-likeness (QED) is 0.811. The molecule has 1 heterocycles. The summed E-state index contributed by atoms with van der Waals surface area (Å²) in [6, 6.07) is -0.400. The van der Waals surface area contributed by atoms with Crippen LogP contribution in [-0.2, 0) is 9.59 Å². The molecule has 2 fully saturated rings. The van der Waals surface area contributed by atoms with Crippen molar-refractivity contribution in [2.24, 2.45) is 5.41 Å². The van der Waals surface area contributed by atoms with E-state index in [-0.39, 0.29) is 17.2 Å². The van der Waals surface area contributed by atoms with E-state index in [9.17, 15) is 9.59 Å². The Morgan fingerprint density at radius 2 is 1.90 bits per heavy atom. The minimum absolute atomic E-state index is 0.0704. The fourth-order valence-electron chi connectivity index (χ4n) is 3.48. The Balaban J connectivity index is 2.26. The molecule has 4 nitrogen and oxygen atoms in total. The Hall–Kier alpha value is -0.710. The van der Waals surface area contributed by atoms with Crippen molar-refractivity contribution >= 4 is 23.6 Å². The molecule has 0 aromatic rings. The largest absolute Gasteiger partial charge is 0.342 e. The lowest BCUT2D eigenvalue weighted by molar-refractivity contribution is -0.160. The van der Waals surface area contributed by atoms with Gasteiger partial charge in [-0.1, -0.05) is 40.5 Å². The van der Waals surface area contributed by atoms with Gasteiger partial charge < -0.3 is 10.2 Å². The molecule has 2 amide bonds. The standard InChI is InChI=1S/C16H28N2O2S/c1-5-21-11-10-18-13(19)12(15(2,3)4)17-14(20)16(18)8-6-7-9-16/h12H,5-11H2,1-4H3,(H,17,20). The van der Waals surface area contributed by atoms with Crippen molar-refractivity contribution in [1.29, 1.82) is 0 Å². The summed E-state index contributed by atoms with van der Waals surface area (Å²) < 4.78 is 0. The first-order chi connectivity index (χ1) is 9.83. The maximum Gasteiger partial charge on any atom is 0.246 e. The molecular weight excluding hydrogens is 284 g/mol. The zero-order valence-electron chi connectivity index (χ0n) is 13.7. The Labute approximate surface area is 132 Å². The van der Waals surface area contributed by atoms with Crippen molar-refractivity contribution in [3.8, 4) is 0 Å². The first-order valence-electron chi connectivity index (χ1n) is 8.03. The number of thioether (sulfide) groups is 1. The van der Waals surface area contributed by atoms with Crippen LogP contribution in [0.5, 0.6) is 0 Å². The third-order valence-electron chi connectivity index (χ3n) is 4.69. The second kappa shape index (κ2) is 6.19. The maximum atomic E-state index is 13.0. The van der Waals surface area contributed by atoms with Crippen molar-refractivity contribution in [1.82, 2.24) is 10.2 Å². The number of carbonyl (C=O) groups excluding carboxylic acids is 2. The van der Waals surface area contributed by atoms with Gasteiger partial charge in [0.25, 0.3) is 0 Å². The van der Waals surface area contributed by atoms with Crippen molar-refractivity contribution in [3.63, 3.8) is 0 Å². The Kier molecular flexibility index (Phi) is 4.91. The molecule has 1 aliphatic carbocycles. The normalized spacial score (nSPS) is 25.5. The Bertz CT molecular complexity index is 411. The van der Waals surface area contributed by atoms with Gasteiger partial charge in [-0.15, -0.1) is 0 Å². The van der Waals surface area contributed by atoms with Gasteiger partial charge >= 0.3 is 0 Å². The zero-order chi connectivity index (χ0) is 15.7. The predicted octanol–water partition coefficient (Wildman–Crippen LogP) is 2.43. The van der Waals surface area contributed by atoms with Gasteiger partial charge in [0, 0.05) is 12.3 Å². The minimum Gasteiger partial charge on any atom is -0.342 e. The number of amides is 2. The van der Waals surface area contributed by atoms with Crippen molar-refractivity contribution in [3.05, 3.63) is 0 Å². The zero-order valence-corrected chi connectivity index (χ0v) is 14.5. The number of rotatable bonds is 4. The summed E-state index contributed by atoms with van der Waals surface area (Å²) in [4.78, 5) is 27.6. The second-order valence-electron chi connectivity index (χ2n) is 7.20. The summed E-state index contributed by atoms with van der Waals surface area (Å²) in [5.74, 6) is 2.14. The van der Waals surface area contributed by atoms with Crippen LogP contribution in [-0.4, -0.2) is 46.3 Å². The van der Waals surface area contributed by atoms with Gasteiger partial charge in [-0.2, -0.15) is 11.8 Å². The van der Waals surface area contributed by atoms with Gasteiger partial charge in [-0.25, -0.2) is 0 Å². The molecule has 0 aromatic carbocycles. The van der Waals surface area contributed by atoms with Gasteiger partial charge in [0.2, 0.25) is 11.8 Å². The fourth-order valence-corrected chi connectivity index (χ4v) is 4.09. The molecule has 1 spiro atoms. The van der Waals surface area contributed by atoms with E-state index in [1.807, 2.05) is 37.4 Å². The van der Waals surface area contributed by atoms with Gasteiger partial charge in [0.05, 0.1) is 0 Å². The lowest BCUT2D eigenvalue weighted by Crippen LogP contribution is -2.72. The van der Waals surface area contributed by atoms with Crippen molar-refractivity contribution < 1.29 is 9.59 Å². The summed E-state index contributed by atoms with van der Waals surface area (Å²) in [5.41, 5.74) is -0.809. The van der Waals surface area contributed by atoms with Crippen LogP contribution in [0.1, 0.15) is 53.4 Å². The predicted molar refractivity (Wildman–Crippen MR) is 87.3 cm³/mol. The lowest BCUT2D eigenvalue weighted by Gasteiger charge is -2.49. The summed E-state index contributed by atoms with van der Waals surface area (Å²) in [6.07, 6.45) is 3.72. The van der Waals surface area contributed by atoms with E-state index in [1.165, 1.54) is 0 Å². The number of nitrogens with one attached hydrogen (secondary N) is 1. The second-order valence-corrected chi connectivity index (χ2v) is 8.59. The van der Waals surface area contributed by atoms with Crippen LogP contribution in [0.3, 0.4) is 0 Å². The van der Waals surface area contributed by atoms with Crippen LogP contribution in [0.2, 0.25) is 0 Å². The van der Waals surface area contributed by atoms with Crippen LogP contribution < -0.4 is 5.32 Å². The van der Waals surface area contributed by atoms with Crippen molar-refractivity contribution in [2.45, 2.75) is 65.0 Å². The topological polar surface area (TPSA) is 49.4 Å². The lowest BCUT2D eigenvalue weighted by atomic mass is 9.80. The summed E-state index contributed by atoms with van der Waals surface area (Å²) in [5, 5.41) is 3.02. The monoisotopic (exact) mass is 312 g/mol. The summed E-state index contributed by atoms with van der Waals surface area (Å²) in [6.45, 7) is 8.86. The first kappa shape index (κ1) is 16.7. The molecular formula is C16H28N2O2S. The van der Waals surface area contributed by atoms with Crippen LogP contribution >= 0.6 is 11.8 Å². The Morgan fingerprint density at radius 3 is 2.43 bits per heavy atom. The minimum atomic E-state index is -0.562. The molecule has 5 heteroatoms. The van der Waals surface area contributed by atoms with Crippen LogP contribution in [0.15, 0.2) is 0 Å². The summed E-state index contributed by atoms with van der Waals surface area (Å²) in [7, 11) is 0. The smallest absolute Gasteiger partial charge is 0.246 e. The molecule has 1 saturated heterocycles. The van der Waals surface area contributed by atoms with E-state index < -0.39 is 11.6 Å². The number of hydrogen-bond acceptors (Lipinski definition) is 3. The third kappa shape index (κ3) is 3.08. The van der Waals surface area contributed by atoms with E-state index in [2.05, 4.69) is 12.2 Å². The maximum absolute atomic E-state index is 13.0. The highest BCUT2D eigenvalue weighted by Crippen LogP contribution is 2.40. The SMILES string of the molecule is CCSCCN1C(=O)C(C(C)(C)C)NC(=O)C12CCCC2. The first-order valence-corrected chi connectivity index (χ1v) is 9.18. The highest BCUT2D eigenvalue weighted by Gasteiger charge is 2.55. The molecule has 2 aliphatic rings. The van der Waals surface area contributed by atoms with Gasteiger partial charge in [0.15, 0.2) is 0 Å². The number of nitrogens with zero attached hydrogens (tertiary/aromatic N) is 1. The molecule has 1 N–H and O–H groups in total. The van der Waals surface area contributed by atoms with E-state index in [4.69, 9.17) is 0 Å². The van der Waals surface area contributed by atoms with Crippen LogP contribution in [0, 0.1) is 5.41 Å². The average molecular weight is 312 g/mol. The molecule has 2 rings (SSSR count). The third-order valence-corrected chi connectivity index (χ3v) is 5.57.